The van der Waals surface area contributed by atoms with Crippen LogP contribution in [-0.4, -0.2) is 32.4 Å². The smallest absolute Gasteiger partial charge is 0.246 e. The highest BCUT2D eigenvalue weighted by Gasteiger charge is 2.34. The van der Waals surface area contributed by atoms with Crippen LogP contribution in [0.5, 0.6) is 0 Å². The summed E-state index contributed by atoms with van der Waals surface area (Å²) in [6.45, 7) is 8.47. The molecule has 0 aliphatic carbocycles. The average Bonchev–Trinajstić information content (AvgIpc) is 3.03. The first-order chi connectivity index (χ1) is 9.48. The second-order valence-electron chi connectivity index (χ2n) is 5.34. The number of rotatable bonds is 6. The number of hydrogen-bond donors (Lipinski definition) is 1. The Morgan fingerprint density at radius 1 is 1.45 bits per heavy atom. The Balaban J connectivity index is 2.19. The molecule has 1 atom stereocenters. The van der Waals surface area contributed by atoms with Crippen LogP contribution in [0.3, 0.4) is 0 Å². The fraction of sp³-hybridized carbons (Fsp3) is 0.714. The van der Waals surface area contributed by atoms with Crippen LogP contribution in [0.15, 0.2) is 15.4 Å². The van der Waals surface area contributed by atoms with Gasteiger partial charge in [0.2, 0.25) is 10.0 Å². The Labute approximate surface area is 121 Å². The van der Waals surface area contributed by atoms with Crippen molar-refractivity contribution in [1.82, 2.24) is 9.62 Å². The molecule has 2 heterocycles. The molecule has 1 aliphatic heterocycles. The van der Waals surface area contributed by atoms with Crippen molar-refractivity contribution in [1.29, 1.82) is 0 Å². The minimum atomic E-state index is -3.40. The van der Waals surface area contributed by atoms with Crippen LogP contribution in [-0.2, 0) is 16.6 Å². The van der Waals surface area contributed by atoms with Crippen LogP contribution >= 0.6 is 0 Å². The van der Waals surface area contributed by atoms with Gasteiger partial charge in [-0.15, -0.1) is 0 Å². The van der Waals surface area contributed by atoms with Gasteiger partial charge in [-0.1, -0.05) is 20.3 Å². The van der Waals surface area contributed by atoms with Gasteiger partial charge < -0.3 is 9.73 Å². The van der Waals surface area contributed by atoms with Crippen molar-refractivity contribution in [2.75, 3.05) is 19.6 Å². The summed E-state index contributed by atoms with van der Waals surface area (Å²) < 4.78 is 32.4. The molecule has 114 valence electrons. The summed E-state index contributed by atoms with van der Waals surface area (Å²) in [5.41, 5.74) is 0. The van der Waals surface area contributed by atoms with Gasteiger partial charge in [0.25, 0.3) is 0 Å². The average molecular weight is 300 g/mol. The largest absolute Gasteiger partial charge is 0.464 e. The van der Waals surface area contributed by atoms with Crippen LogP contribution < -0.4 is 5.32 Å². The third kappa shape index (κ3) is 3.07. The normalized spacial score (nSPS) is 20.6. The molecule has 0 spiro atoms. The van der Waals surface area contributed by atoms with Crippen molar-refractivity contribution in [2.24, 2.45) is 5.92 Å². The van der Waals surface area contributed by atoms with Gasteiger partial charge in [-0.05, 0) is 25.8 Å². The molecule has 5 nitrogen and oxygen atoms in total. The molecule has 1 unspecified atom stereocenters. The molecule has 1 fully saturated rings. The first-order valence-corrected chi connectivity index (χ1v) is 8.73. The van der Waals surface area contributed by atoms with E-state index in [0.29, 0.717) is 42.0 Å². The van der Waals surface area contributed by atoms with Gasteiger partial charge in [0.1, 0.15) is 16.4 Å². The van der Waals surface area contributed by atoms with Crippen LogP contribution in [0.1, 0.15) is 38.2 Å². The van der Waals surface area contributed by atoms with Crippen LogP contribution in [0.25, 0.3) is 0 Å². The molecule has 1 aliphatic rings. The summed E-state index contributed by atoms with van der Waals surface area (Å²) in [7, 11) is -3.40. The highest BCUT2D eigenvalue weighted by atomic mass is 32.2. The second-order valence-corrected chi connectivity index (χ2v) is 7.25. The van der Waals surface area contributed by atoms with Gasteiger partial charge in [0.15, 0.2) is 0 Å². The van der Waals surface area contributed by atoms with E-state index in [1.165, 1.54) is 0 Å². The SMILES string of the molecule is CCNCc1cc(S(=O)(=O)N2CCC(CC)C2)c(C)o1. The van der Waals surface area contributed by atoms with Crippen molar-refractivity contribution < 1.29 is 12.8 Å². The number of aryl methyl sites for hydroxylation is 1. The number of hydrogen-bond acceptors (Lipinski definition) is 4. The van der Waals surface area contributed by atoms with Crippen molar-refractivity contribution in [3.8, 4) is 0 Å². The minimum absolute atomic E-state index is 0.321. The fourth-order valence-electron chi connectivity index (χ4n) is 2.60. The maximum atomic E-state index is 12.6. The fourth-order valence-corrected chi connectivity index (χ4v) is 4.32. The van der Waals surface area contributed by atoms with Gasteiger partial charge in [-0.2, -0.15) is 4.31 Å². The Hall–Kier alpha value is -0.850. The highest BCUT2D eigenvalue weighted by molar-refractivity contribution is 7.89. The Morgan fingerprint density at radius 2 is 2.20 bits per heavy atom. The maximum Gasteiger partial charge on any atom is 0.246 e. The summed E-state index contributed by atoms with van der Waals surface area (Å²) in [4.78, 5) is 0.321. The Bertz CT molecular complexity index is 551. The Morgan fingerprint density at radius 3 is 2.80 bits per heavy atom. The van der Waals surface area contributed by atoms with Gasteiger partial charge in [0, 0.05) is 19.2 Å². The van der Waals surface area contributed by atoms with Gasteiger partial charge >= 0.3 is 0 Å². The van der Waals surface area contributed by atoms with Crippen molar-refractivity contribution in [3.63, 3.8) is 0 Å². The van der Waals surface area contributed by atoms with E-state index in [1.54, 1.807) is 17.3 Å². The van der Waals surface area contributed by atoms with Crippen molar-refractivity contribution >= 4 is 10.0 Å². The molecular weight excluding hydrogens is 276 g/mol. The van der Waals surface area contributed by atoms with E-state index in [2.05, 4.69) is 12.2 Å². The summed E-state index contributed by atoms with van der Waals surface area (Å²) in [6, 6.07) is 1.66. The van der Waals surface area contributed by atoms with Gasteiger partial charge in [-0.25, -0.2) is 8.42 Å². The van der Waals surface area contributed by atoms with E-state index >= 15 is 0 Å². The molecule has 6 heteroatoms. The third-order valence-electron chi connectivity index (χ3n) is 3.92. The van der Waals surface area contributed by atoms with Crippen LogP contribution in [0.2, 0.25) is 0 Å². The first kappa shape index (κ1) is 15.5. The summed E-state index contributed by atoms with van der Waals surface area (Å²) >= 11 is 0. The molecule has 1 saturated heterocycles. The molecule has 20 heavy (non-hydrogen) atoms. The summed E-state index contributed by atoms with van der Waals surface area (Å²) in [5.74, 6) is 1.64. The molecule has 0 saturated carbocycles. The number of sulfonamides is 1. The van der Waals surface area contributed by atoms with E-state index in [-0.39, 0.29) is 0 Å². The molecule has 0 amide bonds. The first-order valence-electron chi connectivity index (χ1n) is 7.29. The predicted octanol–water partition coefficient (Wildman–Crippen LogP) is 2.12. The van der Waals surface area contributed by atoms with Gasteiger partial charge in [-0.3, -0.25) is 0 Å². The van der Waals surface area contributed by atoms with Crippen molar-refractivity contribution in [2.45, 2.75) is 45.1 Å². The zero-order valence-electron chi connectivity index (χ0n) is 12.5. The maximum absolute atomic E-state index is 12.6. The molecule has 0 radical (unpaired) electrons. The topological polar surface area (TPSA) is 62.6 Å². The van der Waals surface area contributed by atoms with E-state index in [4.69, 9.17) is 4.42 Å². The zero-order valence-corrected chi connectivity index (χ0v) is 13.3. The highest BCUT2D eigenvalue weighted by Crippen LogP contribution is 2.29. The standard InChI is InChI=1S/C14H24N2O3S/c1-4-12-6-7-16(10-12)20(17,18)14-8-13(9-15-5-2)19-11(14)3/h8,12,15H,4-7,9-10H2,1-3H3. The lowest BCUT2D eigenvalue weighted by Crippen LogP contribution is -2.29. The lowest BCUT2D eigenvalue weighted by atomic mass is 10.1. The predicted molar refractivity (Wildman–Crippen MR) is 78.0 cm³/mol. The third-order valence-corrected chi connectivity index (χ3v) is 5.89. The summed E-state index contributed by atoms with van der Waals surface area (Å²) in [5, 5.41) is 3.14. The molecule has 2 rings (SSSR count). The number of nitrogens with zero attached hydrogens (tertiary/aromatic N) is 1. The molecule has 0 aromatic carbocycles. The van der Waals surface area contributed by atoms with E-state index < -0.39 is 10.0 Å². The lowest BCUT2D eigenvalue weighted by molar-refractivity contribution is 0.443. The number of furan rings is 1. The molecule has 1 N–H and O–H groups in total. The molecule has 1 aromatic heterocycles. The van der Waals surface area contributed by atoms with Crippen molar-refractivity contribution in [3.05, 3.63) is 17.6 Å². The second kappa shape index (κ2) is 6.28. The number of nitrogens with one attached hydrogen (secondary N) is 1. The van der Waals surface area contributed by atoms with E-state index in [9.17, 15) is 8.42 Å². The minimum Gasteiger partial charge on any atom is -0.464 e. The lowest BCUT2D eigenvalue weighted by Gasteiger charge is -2.15. The Kier molecular flexibility index (Phi) is 4.88. The molecular formula is C14H24N2O3S. The van der Waals surface area contributed by atoms with E-state index in [1.807, 2.05) is 6.92 Å². The van der Waals surface area contributed by atoms with Crippen LogP contribution in [0.4, 0.5) is 0 Å². The van der Waals surface area contributed by atoms with Gasteiger partial charge in [0.05, 0.1) is 6.54 Å². The quantitative estimate of drug-likeness (QED) is 0.874. The molecule has 0 bridgehead atoms. The monoisotopic (exact) mass is 300 g/mol. The molecule has 1 aromatic rings. The summed E-state index contributed by atoms with van der Waals surface area (Å²) in [6.07, 6.45) is 1.99. The zero-order chi connectivity index (χ0) is 14.8. The van der Waals surface area contributed by atoms with E-state index in [0.717, 1.165) is 19.4 Å². The van der Waals surface area contributed by atoms with Crippen LogP contribution in [0, 0.1) is 12.8 Å².